The number of nitrogens with zero attached hydrogens (tertiary/aromatic N) is 1. The molecule has 0 amide bonds. The van der Waals surface area contributed by atoms with Gasteiger partial charge in [0.25, 0.3) is 0 Å². The summed E-state index contributed by atoms with van der Waals surface area (Å²) in [6.45, 7) is 7.12. The standard InChI is InChI=1S/C14H26N2O/c1-2-6-14(7-3-8-15-14)11-16-9-12-4-5-13(10-16)17-12/h12-13,15H,2-11H2,1H3. The minimum atomic E-state index is 0.422. The molecule has 98 valence electrons. The van der Waals surface area contributed by atoms with Crippen molar-refractivity contribution in [3.8, 4) is 0 Å². The van der Waals surface area contributed by atoms with Gasteiger partial charge < -0.3 is 10.1 Å². The first kappa shape index (κ1) is 11.9. The summed E-state index contributed by atoms with van der Waals surface area (Å²) in [6.07, 6.45) is 9.00. The molecule has 3 aliphatic rings. The zero-order valence-electron chi connectivity index (χ0n) is 11.1. The number of ether oxygens (including phenoxy) is 1. The fraction of sp³-hybridized carbons (Fsp3) is 1.00. The van der Waals surface area contributed by atoms with Crippen molar-refractivity contribution in [3.05, 3.63) is 0 Å². The molecular formula is C14H26N2O. The zero-order valence-corrected chi connectivity index (χ0v) is 11.1. The van der Waals surface area contributed by atoms with Gasteiger partial charge >= 0.3 is 0 Å². The summed E-state index contributed by atoms with van der Waals surface area (Å²) in [5.41, 5.74) is 0.422. The van der Waals surface area contributed by atoms with Crippen LogP contribution >= 0.6 is 0 Å². The lowest BCUT2D eigenvalue weighted by Crippen LogP contribution is -2.54. The lowest BCUT2D eigenvalue weighted by Gasteiger charge is -2.39. The molecule has 3 aliphatic heterocycles. The number of rotatable bonds is 4. The summed E-state index contributed by atoms with van der Waals surface area (Å²) >= 11 is 0. The van der Waals surface area contributed by atoms with Crippen molar-refractivity contribution < 1.29 is 4.74 Å². The molecule has 0 radical (unpaired) electrons. The maximum absolute atomic E-state index is 5.92. The summed E-state index contributed by atoms with van der Waals surface area (Å²) in [4.78, 5) is 2.67. The van der Waals surface area contributed by atoms with Crippen LogP contribution in [0.2, 0.25) is 0 Å². The van der Waals surface area contributed by atoms with Crippen molar-refractivity contribution in [3.63, 3.8) is 0 Å². The minimum absolute atomic E-state index is 0.422. The fourth-order valence-corrected chi connectivity index (χ4v) is 4.03. The van der Waals surface area contributed by atoms with Crippen LogP contribution in [0.4, 0.5) is 0 Å². The van der Waals surface area contributed by atoms with Gasteiger partial charge in [0, 0.05) is 25.2 Å². The van der Waals surface area contributed by atoms with Gasteiger partial charge in [0.05, 0.1) is 12.2 Å². The van der Waals surface area contributed by atoms with E-state index in [1.807, 2.05) is 0 Å². The third kappa shape index (κ3) is 2.51. The maximum Gasteiger partial charge on any atom is 0.0707 e. The molecule has 0 saturated carbocycles. The van der Waals surface area contributed by atoms with Crippen molar-refractivity contribution in [2.45, 2.75) is 63.2 Å². The van der Waals surface area contributed by atoms with Gasteiger partial charge in [-0.3, -0.25) is 4.90 Å². The SMILES string of the molecule is CCCC1(CN2CC3CCC(C2)O3)CCCN1. The fourth-order valence-electron chi connectivity index (χ4n) is 4.03. The van der Waals surface area contributed by atoms with Gasteiger partial charge in [-0.1, -0.05) is 13.3 Å². The maximum atomic E-state index is 5.92. The first-order valence-electron chi connectivity index (χ1n) is 7.42. The molecule has 3 unspecified atom stereocenters. The van der Waals surface area contributed by atoms with Crippen LogP contribution in [-0.2, 0) is 4.74 Å². The molecule has 0 spiro atoms. The van der Waals surface area contributed by atoms with E-state index in [-0.39, 0.29) is 0 Å². The van der Waals surface area contributed by atoms with Crippen LogP contribution in [0.5, 0.6) is 0 Å². The highest BCUT2D eigenvalue weighted by atomic mass is 16.5. The molecule has 1 N–H and O–H groups in total. The molecule has 3 heterocycles. The number of fused-ring (bicyclic) bond motifs is 2. The van der Waals surface area contributed by atoms with E-state index in [0.717, 1.165) is 0 Å². The van der Waals surface area contributed by atoms with Gasteiger partial charge in [-0.2, -0.15) is 0 Å². The van der Waals surface area contributed by atoms with Crippen LogP contribution in [-0.4, -0.2) is 48.8 Å². The lowest BCUT2D eigenvalue weighted by atomic mass is 9.91. The van der Waals surface area contributed by atoms with Crippen LogP contribution in [0.3, 0.4) is 0 Å². The average Bonchev–Trinajstić information content (AvgIpc) is 2.87. The van der Waals surface area contributed by atoms with E-state index < -0.39 is 0 Å². The molecule has 3 heteroatoms. The second-order valence-electron chi connectivity index (χ2n) is 6.21. The molecule has 3 atom stereocenters. The molecule has 0 aliphatic carbocycles. The van der Waals surface area contributed by atoms with E-state index in [1.165, 1.54) is 64.7 Å². The molecule has 3 rings (SSSR count). The summed E-state index contributed by atoms with van der Waals surface area (Å²) in [5.74, 6) is 0. The molecule has 2 bridgehead atoms. The number of hydrogen-bond acceptors (Lipinski definition) is 3. The van der Waals surface area contributed by atoms with Crippen LogP contribution in [0, 0.1) is 0 Å². The summed E-state index contributed by atoms with van der Waals surface area (Å²) < 4.78 is 5.92. The Labute approximate surface area is 105 Å². The molecule has 0 aromatic carbocycles. The van der Waals surface area contributed by atoms with Crippen molar-refractivity contribution >= 4 is 0 Å². The monoisotopic (exact) mass is 238 g/mol. The van der Waals surface area contributed by atoms with Crippen LogP contribution in [0.1, 0.15) is 45.4 Å². The average molecular weight is 238 g/mol. The lowest BCUT2D eigenvalue weighted by molar-refractivity contribution is -0.0457. The molecule has 3 fully saturated rings. The number of hydrogen-bond donors (Lipinski definition) is 1. The first-order valence-corrected chi connectivity index (χ1v) is 7.42. The minimum Gasteiger partial charge on any atom is -0.372 e. The van der Waals surface area contributed by atoms with E-state index >= 15 is 0 Å². The Bertz CT molecular complexity index is 251. The third-order valence-corrected chi connectivity index (χ3v) is 4.71. The molecule has 3 nitrogen and oxygen atoms in total. The predicted octanol–water partition coefficient (Wildman–Crippen LogP) is 1.77. The van der Waals surface area contributed by atoms with Gasteiger partial charge in [0.2, 0.25) is 0 Å². The quantitative estimate of drug-likeness (QED) is 0.808. The molecule has 17 heavy (non-hydrogen) atoms. The molecule has 0 aromatic heterocycles. The summed E-state index contributed by atoms with van der Waals surface area (Å²) in [5, 5.41) is 3.79. The Morgan fingerprint density at radius 2 is 2.06 bits per heavy atom. The summed E-state index contributed by atoms with van der Waals surface area (Å²) in [6, 6.07) is 0. The molecular weight excluding hydrogens is 212 g/mol. The second kappa shape index (κ2) is 4.87. The zero-order chi connectivity index (χ0) is 11.7. The predicted molar refractivity (Wildman–Crippen MR) is 69.2 cm³/mol. The molecule has 3 saturated heterocycles. The van der Waals surface area contributed by atoms with E-state index in [2.05, 4.69) is 17.1 Å². The Kier molecular flexibility index (Phi) is 3.42. The van der Waals surface area contributed by atoms with Crippen molar-refractivity contribution in [2.24, 2.45) is 0 Å². The van der Waals surface area contributed by atoms with Gasteiger partial charge in [-0.05, 0) is 38.6 Å². The normalized spacial score (nSPS) is 42.2. The Hall–Kier alpha value is -0.120. The van der Waals surface area contributed by atoms with E-state index in [0.29, 0.717) is 17.7 Å². The number of likely N-dealkylation sites (tertiary alicyclic amines) is 1. The first-order chi connectivity index (χ1) is 8.30. The topological polar surface area (TPSA) is 24.5 Å². The van der Waals surface area contributed by atoms with Gasteiger partial charge in [0.1, 0.15) is 0 Å². The number of nitrogens with one attached hydrogen (secondary N) is 1. The highest BCUT2D eigenvalue weighted by molar-refractivity contribution is 4.97. The van der Waals surface area contributed by atoms with Crippen LogP contribution in [0.25, 0.3) is 0 Å². The van der Waals surface area contributed by atoms with E-state index in [1.54, 1.807) is 0 Å². The van der Waals surface area contributed by atoms with Gasteiger partial charge in [0.15, 0.2) is 0 Å². The van der Waals surface area contributed by atoms with E-state index in [4.69, 9.17) is 4.74 Å². The van der Waals surface area contributed by atoms with Crippen LogP contribution < -0.4 is 5.32 Å². The van der Waals surface area contributed by atoms with Gasteiger partial charge in [-0.15, -0.1) is 0 Å². The van der Waals surface area contributed by atoms with Gasteiger partial charge in [-0.25, -0.2) is 0 Å². The number of morpholine rings is 1. The largest absolute Gasteiger partial charge is 0.372 e. The van der Waals surface area contributed by atoms with Crippen LogP contribution in [0.15, 0.2) is 0 Å². The van der Waals surface area contributed by atoms with E-state index in [9.17, 15) is 0 Å². The van der Waals surface area contributed by atoms with Crippen molar-refractivity contribution in [1.82, 2.24) is 10.2 Å². The Balaban J connectivity index is 1.61. The Morgan fingerprint density at radius 1 is 1.29 bits per heavy atom. The highest BCUT2D eigenvalue weighted by Gasteiger charge is 2.39. The third-order valence-electron chi connectivity index (χ3n) is 4.71. The van der Waals surface area contributed by atoms with Crippen molar-refractivity contribution in [2.75, 3.05) is 26.2 Å². The summed E-state index contributed by atoms with van der Waals surface area (Å²) in [7, 11) is 0. The highest BCUT2D eigenvalue weighted by Crippen LogP contribution is 2.30. The van der Waals surface area contributed by atoms with Crippen molar-refractivity contribution in [1.29, 1.82) is 0 Å². The smallest absolute Gasteiger partial charge is 0.0707 e. The molecule has 0 aromatic rings. The Morgan fingerprint density at radius 3 is 2.65 bits per heavy atom. The second-order valence-corrected chi connectivity index (χ2v) is 6.21.